The summed E-state index contributed by atoms with van der Waals surface area (Å²) < 4.78 is 42.7. The summed E-state index contributed by atoms with van der Waals surface area (Å²) in [4.78, 5) is 0. The van der Waals surface area contributed by atoms with Gasteiger partial charge in [0.05, 0.1) is 5.56 Å². The van der Waals surface area contributed by atoms with Gasteiger partial charge in [-0.3, -0.25) is 0 Å². The van der Waals surface area contributed by atoms with Crippen LogP contribution >= 0.6 is 15.9 Å². The van der Waals surface area contributed by atoms with Gasteiger partial charge in [-0.25, -0.2) is 0 Å². The molecule has 0 atom stereocenters. The van der Waals surface area contributed by atoms with Crippen molar-refractivity contribution in [3.05, 3.63) is 28.2 Å². The van der Waals surface area contributed by atoms with E-state index < -0.39 is 11.7 Å². The molecule has 2 rings (SSSR count). The zero-order chi connectivity index (χ0) is 13.3. The van der Waals surface area contributed by atoms with Crippen LogP contribution in [0.2, 0.25) is 0 Å². The second-order valence-electron chi connectivity index (χ2n) is 3.26. The minimum Gasteiger partial charge on any atom is -0.389 e. The fraction of sp³-hybridized carbons (Fsp3) is 0.111. The van der Waals surface area contributed by atoms with Gasteiger partial charge in [-0.2, -0.15) is 13.2 Å². The van der Waals surface area contributed by atoms with Crippen molar-refractivity contribution in [3.63, 3.8) is 0 Å². The highest BCUT2D eigenvalue weighted by atomic mass is 79.9. The van der Waals surface area contributed by atoms with E-state index in [0.717, 1.165) is 6.07 Å². The lowest BCUT2D eigenvalue weighted by Gasteiger charge is -2.10. The molecule has 0 aliphatic carbocycles. The molecule has 18 heavy (non-hydrogen) atoms. The smallest absolute Gasteiger partial charge is 0.389 e. The molecule has 1 heterocycles. The number of hydrogen-bond acceptors (Lipinski definition) is 5. The SMILES string of the molecule is Nc1nnc(Nc2ccc(Br)c(C(F)(F)F)c2)o1. The molecule has 0 aliphatic heterocycles. The number of alkyl halides is 3. The van der Waals surface area contributed by atoms with E-state index in [1.54, 1.807) is 0 Å². The lowest BCUT2D eigenvalue weighted by Crippen LogP contribution is -2.06. The lowest BCUT2D eigenvalue weighted by atomic mass is 10.2. The predicted octanol–water partition coefficient (Wildman–Crippen LogP) is 3.18. The van der Waals surface area contributed by atoms with Gasteiger partial charge in [0.2, 0.25) is 0 Å². The first-order valence-electron chi connectivity index (χ1n) is 4.59. The molecule has 0 spiro atoms. The van der Waals surface area contributed by atoms with Gasteiger partial charge < -0.3 is 15.5 Å². The molecular weight excluding hydrogens is 317 g/mol. The fourth-order valence-corrected chi connectivity index (χ4v) is 1.70. The third kappa shape index (κ3) is 2.73. The van der Waals surface area contributed by atoms with E-state index in [2.05, 4.69) is 31.4 Å². The number of anilines is 3. The Morgan fingerprint density at radius 1 is 1.28 bits per heavy atom. The molecule has 3 N–H and O–H groups in total. The number of nitrogens with one attached hydrogen (secondary N) is 1. The molecule has 0 saturated heterocycles. The Bertz CT molecular complexity index is 569. The molecule has 0 saturated carbocycles. The highest BCUT2D eigenvalue weighted by Crippen LogP contribution is 2.36. The van der Waals surface area contributed by atoms with E-state index in [9.17, 15) is 13.2 Å². The molecule has 2 aromatic rings. The molecule has 96 valence electrons. The van der Waals surface area contributed by atoms with Crippen LogP contribution in [0.4, 0.5) is 30.9 Å². The van der Waals surface area contributed by atoms with Gasteiger partial charge in [-0.1, -0.05) is 26.1 Å². The molecule has 5 nitrogen and oxygen atoms in total. The van der Waals surface area contributed by atoms with Crippen molar-refractivity contribution in [2.75, 3.05) is 11.1 Å². The number of nitrogens with two attached hydrogens (primary N) is 1. The van der Waals surface area contributed by atoms with E-state index in [1.165, 1.54) is 12.1 Å². The Labute approximate surface area is 107 Å². The Morgan fingerprint density at radius 2 is 2.00 bits per heavy atom. The number of halogens is 4. The summed E-state index contributed by atoms with van der Waals surface area (Å²) in [5.41, 5.74) is 4.54. The number of nitrogens with zero attached hydrogens (tertiary/aromatic N) is 2. The Balaban J connectivity index is 2.30. The predicted molar refractivity (Wildman–Crippen MR) is 61.1 cm³/mol. The quantitative estimate of drug-likeness (QED) is 0.888. The van der Waals surface area contributed by atoms with Crippen LogP contribution in [0, 0.1) is 0 Å². The van der Waals surface area contributed by atoms with Crippen molar-refractivity contribution in [1.29, 1.82) is 0 Å². The molecule has 0 radical (unpaired) electrons. The summed E-state index contributed by atoms with van der Waals surface area (Å²) in [7, 11) is 0. The van der Waals surface area contributed by atoms with Gasteiger partial charge in [0.15, 0.2) is 0 Å². The minimum atomic E-state index is -4.45. The van der Waals surface area contributed by atoms with Crippen molar-refractivity contribution in [2.45, 2.75) is 6.18 Å². The molecule has 0 unspecified atom stereocenters. The second kappa shape index (κ2) is 4.48. The molecule has 1 aromatic heterocycles. The highest BCUT2D eigenvalue weighted by molar-refractivity contribution is 9.10. The van der Waals surface area contributed by atoms with Crippen LogP contribution < -0.4 is 11.1 Å². The van der Waals surface area contributed by atoms with Gasteiger partial charge in [0.1, 0.15) is 0 Å². The van der Waals surface area contributed by atoms with Crippen LogP contribution in [-0.2, 0) is 6.18 Å². The van der Waals surface area contributed by atoms with Crippen molar-refractivity contribution in [1.82, 2.24) is 10.2 Å². The summed E-state index contributed by atoms with van der Waals surface area (Å²) in [6, 6.07) is 3.36. The summed E-state index contributed by atoms with van der Waals surface area (Å²) in [6.07, 6.45) is -4.45. The topological polar surface area (TPSA) is 77.0 Å². The molecule has 0 bridgehead atoms. The summed E-state index contributed by atoms with van der Waals surface area (Å²) in [5.74, 6) is 0. The van der Waals surface area contributed by atoms with E-state index in [4.69, 9.17) is 10.2 Å². The van der Waals surface area contributed by atoms with E-state index in [1.807, 2.05) is 0 Å². The average molecular weight is 323 g/mol. The monoisotopic (exact) mass is 322 g/mol. The number of hydrogen-bond donors (Lipinski definition) is 2. The molecule has 0 amide bonds. The van der Waals surface area contributed by atoms with Gasteiger partial charge in [-0.05, 0) is 18.2 Å². The maximum absolute atomic E-state index is 12.6. The Kier molecular flexibility index (Phi) is 3.16. The van der Waals surface area contributed by atoms with Crippen LogP contribution in [0.3, 0.4) is 0 Å². The average Bonchev–Trinajstić information content (AvgIpc) is 2.65. The van der Waals surface area contributed by atoms with Gasteiger partial charge in [-0.15, -0.1) is 0 Å². The van der Waals surface area contributed by atoms with Gasteiger partial charge in [0, 0.05) is 10.2 Å². The van der Waals surface area contributed by atoms with Crippen molar-refractivity contribution >= 4 is 33.6 Å². The number of aromatic nitrogens is 2. The molecule has 1 aromatic carbocycles. The van der Waals surface area contributed by atoms with Crippen LogP contribution in [0.5, 0.6) is 0 Å². The third-order valence-electron chi connectivity index (χ3n) is 1.96. The number of nitrogen functional groups attached to an aromatic ring is 1. The first-order chi connectivity index (χ1) is 8.36. The molecule has 0 fully saturated rings. The Morgan fingerprint density at radius 3 is 2.56 bits per heavy atom. The highest BCUT2D eigenvalue weighted by Gasteiger charge is 2.33. The van der Waals surface area contributed by atoms with E-state index in [-0.39, 0.29) is 22.2 Å². The lowest BCUT2D eigenvalue weighted by molar-refractivity contribution is -0.138. The van der Waals surface area contributed by atoms with E-state index >= 15 is 0 Å². The van der Waals surface area contributed by atoms with Crippen LogP contribution in [0.1, 0.15) is 5.56 Å². The number of benzene rings is 1. The minimum absolute atomic E-state index is 0.0504. The molecule has 0 aliphatic rings. The van der Waals surface area contributed by atoms with E-state index in [0.29, 0.717) is 0 Å². The maximum atomic E-state index is 12.6. The summed E-state index contributed by atoms with van der Waals surface area (Å²) >= 11 is 2.84. The Hall–Kier alpha value is -1.77. The zero-order valence-corrected chi connectivity index (χ0v) is 10.2. The first kappa shape index (κ1) is 12.7. The second-order valence-corrected chi connectivity index (χ2v) is 4.12. The van der Waals surface area contributed by atoms with Crippen molar-refractivity contribution in [2.24, 2.45) is 0 Å². The summed E-state index contributed by atoms with van der Waals surface area (Å²) in [5, 5.41) is 9.37. The zero-order valence-electron chi connectivity index (χ0n) is 8.62. The van der Waals surface area contributed by atoms with Crippen LogP contribution in [-0.4, -0.2) is 10.2 Å². The largest absolute Gasteiger partial charge is 0.417 e. The van der Waals surface area contributed by atoms with Gasteiger partial charge in [0.25, 0.3) is 0 Å². The standard InChI is InChI=1S/C9H6BrF3N4O/c10-6-2-1-4(3-5(6)9(11,12)13)15-8-17-16-7(14)18-8/h1-3H,(H2,14,16)(H,15,17). The third-order valence-corrected chi connectivity index (χ3v) is 2.66. The number of rotatable bonds is 2. The van der Waals surface area contributed by atoms with Crippen LogP contribution in [0.15, 0.2) is 27.1 Å². The maximum Gasteiger partial charge on any atom is 0.417 e. The fourth-order valence-electron chi connectivity index (χ4n) is 1.23. The van der Waals surface area contributed by atoms with Gasteiger partial charge >= 0.3 is 18.2 Å². The van der Waals surface area contributed by atoms with Crippen molar-refractivity contribution in [3.8, 4) is 0 Å². The molecule has 9 heteroatoms. The van der Waals surface area contributed by atoms with Crippen molar-refractivity contribution < 1.29 is 17.6 Å². The normalized spacial score (nSPS) is 11.6. The first-order valence-corrected chi connectivity index (χ1v) is 5.38. The van der Waals surface area contributed by atoms with Crippen LogP contribution in [0.25, 0.3) is 0 Å². The molecular formula is C9H6BrF3N4O. The summed E-state index contributed by atoms with van der Waals surface area (Å²) in [6.45, 7) is 0.